The van der Waals surface area contributed by atoms with Crippen LogP contribution in [0.5, 0.6) is 5.75 Å². The van der Waals surface area contributed by atoms with Crippen LogP contribution in [-0.2, 0) is 20.6 Å². The molecule has 1 aromatic carbocycles. The number of methoxy groups -OCH3 is 1. The average Bonchev–Trinajstić information content (AvgIpc) is 3.29. The molecule has 0 bridgehead atoms. The molecular formula is C18H19N7O3. The third kappa shape index (κ3) is 2.94. The molecule has 0 aliphatic carbocycles. The number of ether oxygens (including phenoxy) is 1. The van der Waals surface area contributed by atoms with Gasteiger partial charge in [-0.05, 0) is 12.1 Å². The highest BCUT2D eigenvalue weighted by Gasteiger charge is 2.14. The lowest BCUT2D eigenvalue weighted by Crippen LogP contribution is -2.29. The summed E-state index contributed by atoms with van der Waals surface area (Å²) >= 11 is 0. The molecule has 0 saturated heterocycles. The van der Waals surface area contributed by atoms with Crippen molar-refractivity contribution in [2.45, 2.75) is 6.54 Å². The second-order valence-electron chi connectivity index (χ2n) is 6.33. The molecule has 0 unspecified atom stereocenters. The number of aromatic amines is 1. The van der Waals surface area contributed by atoms with Crippen LogP contribution in [0.3, 0.4) is 0 Å². The topological polar surface area (TPSA) is 112 Å². The third-order valence-corrected chi connectivity index (χ3v) is 4.54. The van der Waals surface area contributed by atoms with Crippen LogP contribution < -0.4 is 21.3 Å². The molecule has 3 aromatic heterocycles. The van der Waals surface area contributed by atoms with E-state index in [1.165, 1.54) is 4.57 Å². The van der Waals surface area contributed by atoms with E-state index in [4.69, 9.17) is 4.74 Å². The van der Waals surface area contributed by atoms with Gasteiger partial charge in [-0.25, -0.2) is 9.48 Å². The molecule has 0 saturated carbocycles. The zero-order valence-corrected chi connectivity index (χ0v) is 15.6. The molecule has 0 amide bonds. The van der Waals surface area contributed by atoms with E-state index in [0.29, 0.717) is 23.7 Å². The van der Waals surface area contributed by atoms with E-state index in [1.807, 2.05) is 30.5 Å². The second kappa shape index (κ2) is 6.72. The van der Waals surface area contributed by atoms with Crippen LogP contribution in [0.25, 0.3) is 16.9 Å². The van der Waals surface area contributed by atoms with Gasteiger partial charge in [-0.1, -0.05) is 6.07 Å². The summed E-state index contributed by atoms with van der Waals surface area (Å²) in [6.45, 7) is 0.451. The number of hydrogen-bond acceptors (Lipinski definition) is 6. The van der Waals surface area contributed by atoms with E-state index in [1.54, 1.807) is 36.7 Å². The maximum absolute atomic E-state index is 12.1. The predicted molar refractivity (Wildman–Crippen MR) is 104 cm³/mol. The van der Waals surface area contributed by atoms with Crippen molar-refractivity contribution in [2.75, 3.05) is 12.4 Å². The molecule has 10 nitrogen and oxygen atoms in total. The molecule has 0 aliphatic heterocycles. The van der Waals surface area contributed by atoms with Gasteiger partial charge < -0.3 is 14.6 Å². The van der Waals surface area contributed by atoms with E-state index in [9.17, 15) is 9.59 Å². The number of nitrogens with zero attached hydrogens (tertiary/aromatic N) is 5. The Balaban J connectivity index is 1.59. The van der Waals surface area contributed by atoms with Crippen LogP contribution in [-0.4, -0.2) is 36.0 Å². The summed E-state index contributed by atoms with van der Waals surface area (Å²) in [7, 11) is 4.90. The van der Waals surface area contributed by atoms with Crippen LogP contribution in [0.15, 0.2) is 46.2 Å². The van der Waals surface area contributed by atoms with Gasteiger partial charge in [-0.15, -0.1) is 0 Å². The van der Waals surface area contributed by atoms with Crippen molar-refractivity contribution in [1.82, 2.24) is 28.9 Å². The number of anilines is 1. The minimum Gasteiger partial charge on any atom is -0.497 e. The first-order valence-corrected chi connectivity index (χ1v) is 8.55. The SMILES string of the molecule is COc1cccc(-n2cc(CNc3nc4c(c(=O)[nH]c(=O)n4C)n3C)cn2)c1. The fraction of sp³-hybridized carbons (Fsp3) is 0.222. The maximum atomic E-state index is 12.1. The molecule has 4 rings (SSSR count). The van der Waals surface area contributed by atoms with Gasteiger partial charge in [0.05, 0.1) is 19.0 Å². The first-order valence-electron chi connectivity index (χ1n) is 8.55. The molecule has 0 radical (unpaired) electrons. The van der Waals surface area contributed by atoms with Gasteiger partial charge in [-0.2, -0.15) is 10.1 Å². The van der Waals surface area contributed by atoms with Gasteiger partial charge in [-0.3, -0.25) is 14.3 Å². The zero-order valence-electron chi connectivity index (χ0n) is 15.6. The van der Waals surface area contributed by atoms with Crippen LogP contribution in [0, 0.1) is 0 Å². The summed E-state index contributed by atoms with van der Waals surface area (Å²) < 4.78 is 9.93. The van der Waals surface area contributed by atoms with Crippen molar-refractivity contribution in [1.29, 1.82) is 0 Å². The molecule has 144 valence electrons. The molecule has 0 atom stereocenters. The summed E-state index contributed by atoms with van der Waals surface area (Å²) in [5.74, 6) is 1.24. The van der Waals surface area contributed by atoms with Gasteiger partial charge in [0.25, 0.3) is 5.56 Å². The van der Waals surface area contributed by atoms with Crippen LogP contribution >= 0.6 is 0 Å². The van der Waals surface area contributed by atoms with Gasteiger partial charge >= 0.3 is 5.69 Å². The van der Waals surface area contributed by atoms with Crippen molar-refractivity contribution in [2.24, 2.45) is 14.1 Å². The fourth-order valence-corrected chi connectivity index (χ4v) is 2.99. The Labute approximate surface area is 159 Å². The van der Waals surface area contributed by atoms with E-state index in [0.717, 1.165) is 17.0 Å². The van der Waals surface area contributed by atoms with Crippen LogP contribution in [0.1, 0.15) is 5.56 Å². The van der Waals surface area contributed by atoms with Crippen LogP contribution in [0.2, 0.25) is 0 Å². The molecule has 3 heterocycles. The van der Waals surface area contributed by atoms with Gasteiger partial charge in [0.2, 0.25) is 5.95 Å². The summed E-state index contributed by atoms with van der Waals surface area (Å²) in [4.78, 5) is 30.5. The van der Waals surface area contributed by atoms with E-state index in [-0.39, 0.29) is 0 Å². The van der Waals surface area contributed by atoms with Crippen molar-refractivity contribution in [3.05, 3.63) is 63.1 Å². The zero-order chi connectivity index (χ0) is 19.8. The highest BCUT2D eigenvalue weighted by atomic mass is 16.5. The van der Waals surface area contributed by atoms with Gasteiger partial charge in [0, 0.05) is 38.5 Å². The smallest absolute Gasteiger partial charge is 0.329 e. The number of benzene rings is 1. The molecule has 10 heteroatoms. The van der Waals surface area contributed by atoms with E-state index < -0.39 is 11.2 Å². The summed E-state index contributed by atoms with van der Waals surface area (Å²) in [5.41, 5.74) is 1.50. The lowest BCUT2D eigenvalue weighted by molar-refractivity contribution is 0.414. The second-order valence-corrected chi connectivity index (χ2v) is 6.33. The summed E-state index contributed by atoms with van der Waals surface area (Å²) in [6.07, 6.45) is 3.64. The molecule has 28 heavy (non-hydrogen) atoms. The molecule has 0 fully saturated rings. The monoisotopic (exact) mass is 381 g/mol. The summed E-state index contributed by atoms with van der Waals surface area (Å²) in [6, 6.07) is 7.60. The molecule has 4 aromatic rings. The fourth-order valence-electron chi connectivity index (χ4n) is 2.99. The highest BCUT2D eigenvalue weighted by Crippen LogP contribution is 2.17. The molecule has 2 N–H and O–H groups in total. The lowest BCUT2D eigenvalue weighted by atomic mass is 10.3. The number of hydrogen-bond donors (Lipinski definition) is 2. The number of fused-ring (bicyclic) bond motifs is 1. The third-order valence-electron chi connectivity index (χ3n) is 4.54. The number of rotatable bonds is 5. The standard InChI is InChI=1S/C18H19N7O3/c1-23-14-15(24(2)18(27)22-16(14)26)21-17(23)19-8-11-9-20-25(10-11)12-5-4-6-13(7-12)28-3/h4-7,9-10H,8H2,1-3H3,(H,19,21)(H,22,26,27). The Morgan fingerprint density at radius 2 is 2.04 bits per heavy atom. The quantitative estimate of drug-likeness (QED) is 0.528. The average molecular weight is 381 g/mol. The Kier molecular flexibility index (Phi) is 4.22. The minimum atomic E-state index is -0.498. The number of H-pyrrole nitrogens is 1. The summed E-state index contributed by atoms with van der Waals surface area (Å²) in [5, 5.41) is 7.56. The van der Waals surface area contributed by atoms with E-state index in [2.05, 4.69) is 20.4 Å². The Hall–Kier alpha value is -3.82. The van der Waals surface area contributed by atoms with Gasteiger partial charge in [0.1, 0.15) is 5.75 Å². The normalized spacial score (nSPS) is 11.1. The maximum Gasteiger partial charge on any atom is 0.329 e. The first-order chi connectivity index (χ1) is 13.5. The minimum absolute atomic E-state index is 0.325. The number of imidazole rings is 1. The number of aryl methyl sites for hydroxylation is 2. The lowest BCUT2D eigenvalue weighted by Gasteiger charge is -2.05. The predicted octanol–water partition coefficient (Wildman–Crippen LogP) is 0.767. The molecule has 0 spiro atoms. The van der Waals surface area contributed by atoms with E-state index >= 15 is 0 Å². The largest absolute Gasteiger partial charge is 0.497 e. The van der Waals surface area contributed by atoms with Crippen molar-refractivity contribution < 1.29 is 4.74 Å². The first kappa shape index (κ1) is 17.6. The highest BCUT2D eigenvalue weighted by molar-refractivity contribution is 5.73. The van der Waals surface area contributed by atoms with Crippen molar-refractivity contribution in [3.63, 3.8) is 0 Å². The number of nitrogens with one attached hydrogen (secondary N) is 2. The van der Waals surface area contributed by atoms with Gasteiger partial charge in [0.15, 0.2) is 11.2 Å². The number of aromatic nitrogens is 6. The van der Waals surface area contributed by atoms with Crippen molar-refractivity contribution in [3.8, 4) is 11.4 Å². The molecule has 0 aliphatic rings. The molecular weight excluding hydrogens is 362 g/mol. The Bertz CT molecular complexity index is 1280. The Morgan fingerprint density at radius 1 is 1.21 bits per heavy atom. The van der Waals surface area contributed by atoms with Crippen molar-refractivity contribution >= 4 is 17.1 Å². The van der Waals surface area contributed by atoms with Crippen LogP contribution in [0.4, 0.5) is 5.95 Å². The Morgan fingerprint density at radius 3 is 2.82 bits per heavy atom.